The van der Waals surface area contributed by atoms with E-state index in [9.17, 15) is 5.11 Å². The highest BCUT2D eigenvalue weighted by Gasteiger charge is 2.06. The summed E-state index contributed by atoms with van der Waals surface area (Å²) in [5, 5.41) is 18.0. The first kappa shape index (κ1) is 10.4. The number of hydrogen-bond donors (Lipinski definition) is 1. The molecule has 0 bridgehead atoms. The number of rotatable bonds is 3. The zero-order valence-corrected chi connectivity index (χ0v) is 8.32. The molecule has 0 saturated heterocycles. The molecule has 0 aliphatic carbocycles. The summed E-state index contributed by atoms with van der Waals surface area (Å²) in [4.78, 5) is 0. The topological polar surface area (TPSA) is 53.2 Å². The summed E-state index contributed by atoms with van der Waals surface area (Å²) in [6.45, 7) is 3.74. The Morgan fingerprint density at radius 3 is 2.71 bits per heavy atom. The molecule has 74 valence electrons. The Morgan fingerprint density at radius 1 is 1.50 bits per heavy atom. The lowest BCUT2D eigenvalue weighted by Gasteiger charge is -2.10. The molecule has 0 saturated carbocycles. The van der Waals surface area contributed by atoms with Crippen LogP contribution in [0.1, 0.15) is 18.9 Å². The van der Waals surface area contributed by atoms with E-state index in [1.54, 1.807) is 12.1 Å². The molecule has 0 spiro atoms. The Bertz CT molecular complexity index is 335. The summed E-state index contributed by atoms with van der Waals surface area (Å²) in [6, 6.07) is 6.97. The normalized spacial score (nSPS) is 11.8. The van der Waals surface area contributed by atoms with Crippen molar-refractivity contribution in [1.82, 2.24) is 0 Å². The number of hydrogen-bond acceptors (Lipinski definition) is 3. The van der Waals surface area contributed by atoms with E-state index in [2.05, 4.69) is 0 Å². The van der Waals surface area contributed by atoms with Gasteiger partial charge in [0.05, 0.1) is 0 Å². The van der Waals surface area contributed by atoms with E-state index in [0.717, 1.165) is 5.56 Å². The van der Waals surface area contributed by atoms with Crippen LogP contribution in [0, 0.1) is 18.3 Å². The predicted octanol–water partition coefficient (Wildman–Crippen LogP) is 2.38. The minimum Gasteiger partial charge on any atom is -0.508 e. The Hall–Kier alpha value is -1.69. The highest BCUT2D eigenvalue weighted by Crippen LogP contribution is 2.22. The number of phenolic OH excluding ortho intramolecular Hbond substituents is 1. The molecule has 0 fully saturated rings. The van der Waals surface area contributed by atoms with Crippen LogP contribution in [-0.4, -0.2) is 11.2 Å². The maximum Gasteiger partial charge on any atom is 0.184 e. The Kier molecular flexibility index (Phi) is 3.35. The van der Waals surface area contributed by atoms with Crippen LogP contribution < -0.4 is 4.74 Å². The fraction of sp³-hybridized carbons (Fsp3) is 0.364. The van der Waals surface area contributed by atoms with Crippen LogP contribution in [-0.2, 0) is 0 Å². The van der Waals surface area contributed by atoms with Crippen LogP contribution >= 0.6 is 0 Å². The molecule has 0 heterocycles. The van der Waals surface area contributed by atoms with Crippen molar-refractivity contribution in [2.75, 3.05) is 0 Å². The van der Waals surface area contributed by atoms with Gasteiger partial charge in [0.1, 0.15) is 17.6 Å². The van der Waals surface area contributed by atoms with Crippen molar-refractivity contribution in [1.29, 1.82) is 5.26 Å². The molecule has 1 rings (SSSR count). The smallest absolute Gasteiger partial charge is 0.184 e. The highest BCUT2D eigenvalue weighted by atomic mass is 16.5. The van der Waals surface area contributed by atoms with Gasteiger partial charge < -0.3 is 9.84 Å². The highest BCUT2D eigenvalue weighted by molar-refractivity contribution is 5.37. The van der Waals surface area contributed by atoms with Gasteiger partial charge in [-0.1, -0.05) is 6.92 Å². The molecular weight excluding hydrogens is 178 g/mol. The van der Waals surface area contributed by atoms with Crippen LogP contribution in [0.25, 0.3) is 0 Å². The van der Waals surface area contributed by atoms with Crippen LogP contribution in [0.5, 0.6) is 11.5 Å². The third-order valence-corrected chi connectivity index (χ3v) is 1.83. The summed E-state index contributed by atoms with van der Waals surface area (Å²) in [5.41, 5.74) is 0.910. The monoisotopic (exact) mass is 191 g/mol. The van der Waals surface area contributed by atoms with Gasteiger partial charge in [-0.15, -0.1) is 0 Å². The lowest BCUT2D eigenvalue weighted by atomic mass is 10.2. The summed E-state index contributed by atoms with van der Waals surface area (Å²) < 4.78 is 5.35. The van der Waals surface area contributed by atoms with Crippen molar-refractivity contribution < 1.29 is 9.84 Å². The standard InChI is InChI=1S/C11H13NO2/c1-3-10(7-12)14-11-5-8(2)4-9(13)6-11/h4-6,10,13H,3H2,1-2H3. The van der Waals surface area contributed by atoms with Crippen LogP contribution in [0.4, 0.5) is 0 Å². The number of nitriles is 1. The fourth-order valence-corrected chi connectivity index (χ4v) is 1.16. The van der Waals surface area contributed by atoms with Gasteiger partial charge in [0, 0.05) is 6.07 Å². The molecule has 1 aromatic carbocycles. The van der Waals surface area contributed by atoms with Gasteiger partial charge in [0.25, 0.3) is 0 Å². The molecule has 0 aliphatic rings. The van der Waals surface area contributed by atoms with Crippen LogP contribution in [0.3, 0.4) is 0 Å². The molecule has 1 unspecified atom stereocenters. The third kappa shape index (κ3) is 2.67. The molecule has 0 amide bonds. The molecule has 0 radical (unpaired) electrons. The second-order valence-electron chi connectivity index (χ2n) is 3.15. The van der Waals surface area contributed by atoms with Gasteiger partial charge in [-0.3, -0.25) is 0 Å². The van der Waals surface area contributed by atoms with E-state index >= 15 is 0 Å². The van der Waals surface area contributed by atoms with E-state index in [1.165, 1.54) is 6.07 Å². The first-order chi connectivity index (χ1) is 6.65. The second-order valence-corrected chi connectivity index (χ2v) is 3.15. The lowest BCUT2D eigenvalue weighted by molar-refractivity contribution is 0.250. The molecule has 3 heteroatoms. The number of aromatic hydroxyl groups is 1. The summed E-state index contributed by atoms with van der Waals surface area (Å²) in [6.07, 6.45) is 0.182. The fourth-order valence-electron chi connectivity index (χ4n) is 1.16. The minimum absolute atomic E-state index is 0.160. The molecule has 3 nitrogen and oxygen atoms in total. The predicted molar refractivity (Wildman–Crippen MR) is 53.2 cm³/mol. The summed E-state index contributed by atoms with van der Waals surface area (Å²) in [5.74, 6) is 0.698. The molecular formula is C11H13NO2. The van der Waals surface area contributed by atoms with Gasteiger partial charge in [-0.05, 0) is 31.0 Å². The van der Waals surface area contributed by atoms with E-state index in [4.69, 9.17) is 10.00 Å². The van der Waals surface area contributed by atoms with Gasteiger partial charge in [0.2, 0.25) is 0 Å². The van der Waals surface area contributed by atoms with Gasteiger partial charge in [-0.2, -0.15) is 5.26 Å². The van der Waals surface area contributed by atoms with Crippen molar-refractivity contribution >= 4 is 0 Å². The Labute approximate surface area is 83.6 Å². The van der Waals surface area contributed by atoms with Crippen LogP contribution in [0.2, 0.25) is 0 Å². The number of aryl methyl sites for hydroxylation is 1. The first-order valence-corrected chi connectivity index (χ1v) is 4.52. The summed E-state index contributed by atoms with van der Waals surface area (Å²) >= 11 is 0. The van der Waals surface area contributed by atoms with E-state index < -0.39 is 6.10 Å². The lowest BCUT2D eigenvalue weighted by Crippen LogP contribution is -2.12. The second kappa shape index (κ2) is 4.52. The number of benzene rings is 1. The quantitative estimate of drug-likeness (QED) is 0.798. The molecule has 0 aromatic heterocycles. The average Bonchev–Trinajstić information content (AvgIpc) is 2.12. The maximum atomic E-state index is 9.29. The van der Waals surface area contributed by atoms with Crippen molar-refractivity contribution in [3.05, 3.63) is 23.8 Å². The molecule has 1 atom stereocenters. The zero-order chi connectivity index (χ0) is 10.6. The Morgan fingerprint density at radius 2 is 2.21 bits per heavy atom. The van der Waals surface area contributed by atoms with Crippen molar-refractivity contribution in [3.8, 4) is 17.6 Å². The van der Waals surface area contributed by atoms with E-state index in [1.807, 2.05) is 19.9 Å². The van der Waals surface area contributed by atoms with Gasteiger partial charge in [0.15, 0.2) is 6.10 Å². The van der Waals surface area contributed by atoms with E-state index in [-0.39, 0.29) is 5.75 Å². The number of nitrogens with zero attached hydrogens (tertiary/aromatic N) is 1. The Balaban J connectivity index is 2.82. The zero-order valence-electron chi connectivity index (χ0n) is 8.32. The van der Waals surface area contributed by atoms with Gasteiger partial charge >= 0.3 is 0 Å². The van der Waals surface area contributed by atoms with Crippen molar-refractivity contribution in [3.63, 3.8) is 0 Å². The number of ether oxygens (including phenoxy) is 1. The largest absolute Gasteiger partial charge is 0.508 e. The number of phenols is 1. The molecule has 14 heavy (non-hydrogen) atoms. The SMILES string of the molecule is CCC(C#N)Oc1cc(C)cc(O)c1. The average molecular weight is 191 g/mol. The molecule has 1 N–H and O–H groups in total. The molecule has 1 aromatic rings. The minimum atomic E-state index is -0.448. The maximum absolute atomic E-state index is 9.29. The summed E-state index contributed by atoms with van der Waals surface area (Å²) in [7, 11) is 0. The van der Waals surface area contributed by atoms with E-state index in [0.29, 0.717) is 12.2 Å². The van der Waals surface area contributed by atoms with Crippen molar-refractivity contribution in [2.45, 2.75) is 26.4 Å². The molecule has 0 aliphatic heterocycles. The third-order valence-electron chi connectivity index (χ3n) is 1.83. The van der Waals surface area contributed by atoms with Gasteiger partial charge in [-0.25, -0.2) is 0 Å². The van der Waals surface area contributed by atoms with Crippen LogP contribution in [0.15, 0.2) is 18.2 Å². The first-order valence-electron chi connectivity index (χ1n) is 4.52. The van der Waals surface area contributed by atoms with Crippen molar-refractivity contribution in [2.24, 2.45) is 0 Å².